The van der Waals surface area contributed by atoms with E-state index in [-0.39, 0.29) is 23.9 Å². The molecule has 5 heteroatoms. The molecule has 106 valence electrons. The van der Waals surface area contributed by atoms with Crippen LogP contribution in [0, 0.1) is 5.92 Å². The Morgan fingerprint density at radius 1 is 1.44 bits per heavy atom. The molecule has 1 aliphatic heterocycles. The number of hydrogen-bond donors (Lipinski definition) is 2. The van der Waals surface area contributed by atoms with Crippen LogP contribution in [0.2, 0.25) is 0 Å². The minimum Gasteiger partial charge on any atom is -0.379 e. The molecule has 0 aromatic rings. The van der Waals surface area contributed by atoms with Gasteiger partial charge in [0.1, 0.15) is 0 Å². The van der Waals surface area contributed by atoms with Gasteiger partial charge in [-0.3, -0.25) is 4.79 Å². The standard InChI is InChI=1S/C13H24N2O2.ClH/c1-13(6-2-3-7-15-13)12(16)14-8-9-17-10-11-4-5-11;/h11,15H,2-10H2,1H3,(H,14,16);1H. The van der Waals surface area contributed by atoms with E-state index >= 15 is 0 Å². The van der Waals surface area contributed by atoms with Gasteiger partial charge in [0.25, 0.3) is 0 Å². The minimum atomic E-state index is -0.366. The Morgan fingerprint density at radius 3 is 2.83 bits per heavy atom. The quantitative estimate of drug-likeness (QED) is 0.723. The first-order chi connectivity index (χ1) is 8.21. The van der Waals surface area contributed by atoms with Crippen molar-refractivity contribution in [3.8, 4) is 0 Å². The van der Waals surface area contributed by atoms with Gasteiger partial charge in [0, 0.05) is 13.2 Å². The van der Waals surface area contributed by atoms with E-state index in [1.54, 1.807) is 0 Å². The van der Waals surface area contributed by atoms with Crippen molar-refractivity contribution in [2.24, 2.45) is 5.92 Å². The van der Waals surface area contributed by atoms with E-state index in [1.165, 1.54) is 19.3 Å². The van der Waals surface area contributed by atoms with E-state index in [4.69, 9.17) is 4.74 Å². The van der Waals surface area contributed by atoms with Gasteiger partial charge in [-0.1, -0.05) is 0 Å². The number of hydrogen-bond acceptors (Lipinski definition) is 3. The number of halogens is 1. The van der Waals surface area contributed by atoms with Crippen molar-refractivity contribution in [2.75, 3.05) is 26.3 Å². The van der Waals surface area contributed by atoms with Crippen molar-refractivity contribution in [3.05, 3.63) is 0 Å². The predicted octanol–water partition coefficient (Wildman–Crippen LogP) is 1.48. The fourth-order valence-corrected chi connectivity index (χ4v) is 2.22. The number of nitrogens with one attached hydrogen (secondary N) is 2. The number of carbonyl (C=O) groups excluding carboxylic acids is 1. The molecule has 0 spiro atoms. The zero-order valence-electron chi connectivity index (χ0n) is 11.2. The third kappa shape index (κ3) is 4.75. The molecule has 18 heavy (non-hydrogen) atoms. The lowest BCUT2D eigenvalue weighted by Crippen LogP contribution is -2.57. The summed E-state index contributed by atoms with van der Waals surface area (Å²) in [6, 6.07) is 0. The Kier molecular flexibility index (Phi) is 6.39. The maximum Gasteiger partial charge on any atom is 0.240 e. The molecule has 1 aliphatic carbocycles. The highest BCUT2D eigenvalue weighted by atomic mass is 35.5. The summed E-state index contributed by atoms with van der Waals surface area (Å²) in [6.45, 7) is 5.07. The molecule has 1 unspecified atom stereocenters. The first-order valence-electron chi connectivity index (χ1n) is 6.82. The second-order valence-corrected chi connectivity index (χ2v) is 5.49. The molecule has 1 saturated carbocycles. The highest BCUT2D eigenvalue weighted by molar-refractivity contribution is 5.86. The molecule has 2 fully saturated rings. The number of ether oxygens (including phenoxy) is 1. The third-order valence-electron chi connectivity index (χ3n) is 3.70. The van der Waals surface area contributed by atoms with Crippen LogP contribution < -0.4 is 10.6 Å². The Morgan fingerprint density at radius 2 is 2.22 bits per heavy atom. The topological polar surface area (TPSA) is 50.4 Å². The van der Waals surface area contributed by atoms with Gasteiger partial charge < -0.3 is 15.4 Å². The number of carbonyl (C=O) groups is 1. The fourth-order valence-electron chi connectivity index (χ4n) is 2.22. The smallest absolute Gasteiger partial charge is 0.240 e. The Labute approximate surface area is 116 Å². The van der Waals surface area contributed by atoms with E-state index in [1.807, 2.05) is 6.92 Å². The SMILES string of the molecule is CC1(C(=O)NCCOCC2CC2)CCCCN1.Cl. The van der Waals surface area contributed by atoms with Crippen LogP contribution in [-0.4, -0.2) is 37.7 Å². The van der Waals surface area contributed by atoms with Gasteiger partial charge in [-0.25, -0.2) is 0 Å². The van der Waals surface area contributed by atoms with Crippen LogP contribution in [0.25, 0.3) is 0 Å². The van der Waals surface area contributed by atoms with E-state index < -0.39 is 0 Å². The molecule has 1 heterocycles. The molecule has 0 aromatic carbocycles. The molecule has 2 aliphatic rings. The van der Waals surface area contributed by atoms with Gasteiger partial charge >= 0.3 is 0 Å². The molecular formula is C13H25ClN2O2. The summed E-state index contributed by atoms with van der Waals surface area (Å²) in [5.74, 6) is 0.912. The molecule has 1 atom stereocenters. The van der Waals surface area contributed by atoms with E-state index in [9.17, 15) is 4.79 Å². The zero-order chi connectivity index (χ0) is 12.1. The summed E-state index contributed by atoms with van der Waals surface area (Å²) in [7, 11) is 0. The van der Waals surface area contributed by atoms with Crippen molar-refractivity contribution in [1.82, 2.24) is 10.6 Å². The number of rotatable bonds is 6. The Bertz CT molecular complexity index is 264. The molecule has 1 saturated heterocycles. The second kappa shape index (κ2) is 7.31. The molecule has 0 radical (unpaired) electrons. The van der Waals surface area contributed by atoms with Crippen molar-refractivity contribution < 1.29 is 9.53 Å². The maximum atomic E-state index is 12.0. The fraction of sp³-hybridized carbons (Fsp3) is 0.923. The first-order valence-corrected chi connectivity index (χ1v) is 6.82. The lowest BCUT2D eigenvalue weighted by Gasteiger charge is -2.33. The average Bonchev–Trinajstić information content (AvgIpc) is 3.13. The number of amides is 1. The summed E-state index contributed by atoms with van der Waals surface area (Å²) in [5.41, 5.74) is -0.366. The van der Waals surface area contributed by atoms with E-state index in [0.29, 0.717) is 13.2 Å². The molecule has 2 rings (SSSR count). The summed E-state index contributed by atoms with van der Waals surface area (Å²) in [5, 5.41) is 6.27. The lowest BCUT2D eigenvalue weighted by molar-refractivity contribution is -0.128. The minimum absolute atomic E-state index is 0. The third-order valence-corrected chi connectivity index (χ3v) is 3.70. The summed E-state index contributed by atoms with van der Waals surface area (Å²) in [6.07, 6.45) is 5.87. The van der Waals surface area contributed by atoms with Crippen molar-refractivity contribution in [3.63, 3.8) is 0 Å². The zero-order valence-corrected chi connectivity index (χ0v) is 12.0. The van der Waals surface area contributed by atoms with Gasteiger partial charge in [-0.2, -0.15) is 0 Å². The highest BCUT2D eigenvalue weighted by Gasteiger charge is 2.33. The van der Waals surface area contributed by atoms with Gasteiger partial charge in [0.15, 0.2) is 0 Å². The van der Waals surface area contributed by atoms with Crippen LogP contribution in [0.15, 0.2) is 0 Å². The summed E-state index contributed by atoms with van der Waals surface area (Å²) in [4.78, 5) is 12.0. The lowest BCUT2D eigenvalue weighted by atomic mass is 9.90. The Balaban J connectivity index is 0.00000162. The molecule has 0 aromatic heterocycles. The van der Waals surface area contributed by atoms with Crippen LogP contribution in [-0.2, 0) is 9.53 Å². The molecule has 2 N–H and O–H groups in total. The molecule has 4 nitrogen and oxygen atoms in total. The summed E-state index contributed by atoms with van der Waals surface area (Å²) < 4.78 is 5.49. The van der Waals surface area contributed by atoms with E-state index in [2.05, 4.69) is 10.6 Å². The highest BCUT2D eigenvalue weighted by Crippen LogP contribution is 2.28. The van der Waals surface area contributed by atoms with Gasteiger partial charge in [-0.05, 0) is 51.5 Å². The molecular weight excluding hydrogens is 252 g/mol. The monoisotopic (exact) mass is 276 g/mol. The van der Waals surface area contributed by atoms with Crippen LogP contribution in [0.3, 0.4) is 0 Å². The summed E-state index contributed by atoms with van der Waals surface area (Å²) >= 11 is 0. The molecule has 1 amide bonds. The molecule has 0 bridgehead atoms. The maximum absolute atomic E-state index is 12.0. The second-order valence-electron chi connectivity index (χ2n) is 5.49. The van der Waals surface area contributed by atoms with Gasteiger partial charge in [0.05, 0.1) is 12.1 Å². The average molecular weight is 277 g/mol. The van der Waals surface area contributed by atoms with Crippen molar-refractivity contribution in [1.29, 1.82) is 0 Å². The van der Waals surface area contributed by atoms with Crippen molar-refractivity contribution >= 4 is 18.3 Å². The van der Waals surface area contributed by atoms with Crippen LogP contribution in [0.5, 0.6) is 0 Å². The van der Waals surface area contributed by atoms with Crippen molar-refractivity contribution in [2.45, 2.75) is 44.6 Å². The van der Waals surface area contributed by atoms with Crippen LogP contribution in [0.1, 0.15) is 39.0 Å². The Hall–Kier alpha value is -0.320. The van der Waals surface area contributed by atoms with Crippen LogP contribution >= 0.6 is 12.4 Å². The number of piperidine rings is 1. The van der Waals surface area contributed by atoms with Gasteiger partial charge in [0.2, 0.25) is 5.91 Å². The van der Waals surface area contributed by atoms with Gasteiger partial charge in [-0.15, -0.1) is 12.4 Å². The largest absolute Gasteiger partial charge is 0.379 e. The van der Waals surface area contributed by atoms with Crippen LogP contribution in [0.4, 0.5) is 0 Å². The predicted molar refractivity (Wildman–Crippen MR) is 74.1 cm³/mol. The normalized spacial score (nSPS) is 27.4. The first kappa shape index (κ1) is 15.7. The van der Waals surface area contributed by atoms with E-state index in [0.717, 1.165) is 31.9 Å².